The SMILES string of the molecule is Br.CCOC(=O)[C@@H](C)[C@H](N)C(=O)O. The quantitative estimate of drug-likeness (QED) is 0.700. The summed E-state index contributed by atoms with van der Waals surface area (Å²) in [6.07, 6.45) is 0. The van der Waals surface area contributed by atoms with Crippen molar-refractivity contribution in [2.24, 2.45) is 11.7 Å². The van der Waals surface area contributed by atoms with Crippen molar-refractivity contribution in [2.45, 2.75) is 19.9 Å². The first-order valence-corrected chi connectivity index (χ1v) is 3.65. The first-order chi connectivity index (χ1) is 5.50. The number of carbonyl (C=O) groups excluding carboxylic acids is 1. The van der Waals surface area contributed by atoms with Gasteiger partial charge in [0.15, 0.2) is 0 Å². The van der Waals surface area contributed by atoms with Crippen LogP contribution in [0.25, 0.3) is 0 Å². The topological polar surface area (TPSA) is 89.6 Å². The lowest BCUT2D eigenvalue weighted by molar-refractivity contribution is -0.153. The lowest BCUT2D eigenvalue weighted by atomic mass is 10.0. The average Bonchev–Trinajstić information content (AvgIpc) is 2.02. The molecule has 6 heteroatoms. The number of carboxylic acid groups (broad SMARTS) is 1. The number of esters is 1. The van der Waals surface area contributed by atoms with Gasteiger partial charge < -0.3 is 15.6 Å². The highest BCUT2D eigenvalue weighted by molar-refractivity contribution is 8.93. The summed E-state index contributed by atoms with van der Waals surface area (Å²) in [4.78, 5) is 21.2. The minimum atomic E-state index is -1.20. The van der Waals surface area contributed by atoms with E-state index in [-0.39, 0.29) is 23.6 Å². The summed E-state index contributed by atoms with van der Waals surface area (Å²) in [6, 6.07) is -1.19. The molecule has 13 heavy (non-hydrogen) atoms. The molecule has 0 aromatic rings. The summed E-state index contributed by atoms with van der Waals surface area (Å²) < 4.78 is 4.59. The molecule has 0 saturated carbocycles. The summed E-state index contributed by atoms with van der Waals surface area (Å²) >= 11 is 0. The van der Waals surface area contributed by atoms with Crippen LogP contribution in [-0.4, -0.2) is 29.7 Å². The molecular weight excluding hydrogens is 242 g/mol. The third kappa shape index (κ3) is 4.84. The summed E-state index contributed by atoms with van der Waals surface area (Å²) in [5, 5.41) is 8.44. The second kappa shape index (κ2) is 6.85. The number of ether oxygens (including phenoxy) is 1. The third-order valence-electron chi connectivity index (χ3n) is 1.48. The lowest BCUT2D eigenvalue weighted by Crippen LogP contribution is -2.41. The molecule has 3 N–H and O–H groups in total. The largest absolute Gasteiger partial charge is 0.480 e. The Bertz CT molecular complexity index is 185. The van der Waals surface area contributed by atoms with E-state index in [2.05, 4.69) is 4.74 Å². The smallest absolute Gasteiger partial charge is 0.321 e. The van der Waals surface area contributed by atoms with E-state index < -0.39 is 23.9 Å². The normalized spacial score (nSPS) is 13.8. The van der Waals surface area contributed by atoms with Crippen molar-refractivity contribution >= 4 is 28.9 Å². The molecule has 0 bridgehead atoms. The van der Waals surface area contributed by atoms with Crippen molar-refractivity contribution < 1.29 is 19.4 Å². The van der Waals surface area contributed by atoms with Crippen LogP contribution in [0.1, 0.15) is 13.8 Å². The van der Waals surface area contributed by atoms with Crippen molar-refractivity contribution in [3.63, 3.8) is 0 Å². The monoisotopic (exact) mass is 255 g/mol. The molecule has 0 saturated heterocycles. The molecule has 0 aromatic heterocycles. The van der Waals surface area contributed by atoms with Crippen LogP contribution in [0.5, 0.6) is 0 Å². The molecule has 0 amide bonds. The standard InChI is InChI=1S/C7H13NO4.BrH/c1-3-12-7(11)4(2)5(8)6(9)10;/h4-5H,3,8H2,1-2H3,(H,9,10);1H/t4-,5-;/m0./s1. The Balaban J connectivity index is 0. The average molecular weight is 256 g/mol. The zero-order chi connectivity index (χ0) is 9.72. The van der Waals surface area contributed by atoms with Gasteiger partial charge in [0.25, 0.3) is 0 Å². The summed E-state index contributed by atoms with van der Waals surface area (Å²) in [5.41, 5.74) is 5.19. The van der Waals surface area contributed by atoms with Gasteiger partial charge in [-0.15, -0.1) is 17.0 Å². The highest BCUT2D eigenvalue weighted by Crippen LogP contribution is 2.03. The third-order valence-corrected chi connectivity index (χ3v) is 1.48. The fraction of sp³-hybridized carbons (Fsp3) is 0.714. The van der Waals surface area contributed by atoms with E-state index in [4.69, 9.17) is 10.8 Å². The van der Waals surface area contributed by atoms with Gasteiger partial charge in [0.1, 0.15) is 6.04 Å². The fourth-order valence-electron chi connectivity index (χ4n) is 0.634. The van der Waals surface area contributed by atoms with Gasteiger partial charge in [-0.3, -0.25) is 9.59 Å². The molecule has 5 nitrogen and oxygen atoms in total. The predicted octanol–water partition coefficient (Wildman–Crippen LogP) is 0.175. The van der Waals surface area contributed by atoms with Crippen LogP contribution in [0.2, 0.25) is 0 Å². The second-order valence-corrected chi connectivity index (χ2v) is 2.40. The van der Waals surface area contributed by atoms with E-state index in [1.165, 1.54) is 6.92 Å². The molecule has 0 heterocycles. The molecule has 0 fully saturated rings. The Morgan fingerprint density at radius 2 is 2.00 bits per heavy atom. The Kier molecular flexibility index (Phi) is 7.84. The molecule has 0 radical (unpaired) electrons. The Hall–Kier alpha value is -0.620. The van der Waals surface area contributed by atoms with Crippen molar-refractivity contribution in [3.8, 4) is 0 Å². The number of hydrogen-bond donors (Lipinski definition) is 2. The predicted molar refractivity (Wildman–Crippen MR) is 51.7 cm³/mol. The van der Waals surface area contributed by atoms with Gasteiger partial charge in [0.05, 0.1) is 12.5 Å². The number of carbonyl (C=O) groups is 2. The Morgan fingerprint density at radius 1 is 1.54 bits per heavy atom. The van der Waals surface area contributed by atoms with Crippen molar-refractivity contribution in [1.29, 1.82) is 0 Å². The number of carboxylic acids is 1. The van der Waals surface area contributed by atoms with E-state index in [1.807, 2.05) is 0 Å². The Morgan fingerprint density at radius 3 is 2.31 bits per heavy atom. The molecular formula is C7H14BrNO4. The molecule has 0 aliphatic heterocycles. The fourth-order valence-corrected chi connectivity index (χ4v) is 0.634. The first kappa shape index (κ1) is 14.9. The van der Waals surface area contributed by atoms with Gasteiger partial charge in [-0.25, -0.2) is 0 Å². The summed E-state index contributed by atoms with van der Waals surface area (Å²) in [5.74, 6) is -2.58. The van der Waals surface area contributed by atoms with E-state index >= 15 is 0 Å². The van der Waals surface area contributed by atoms with Crippen LogP contribution in [0, 0.1) is 5.92 Å². The van der Waals surface area contributed by atoms with Gasteiger partial charge in [-0.2, -0.15) is 0 Å². The molecule has 0 unspecified atom stereocenters. The number of halogens is 1. The molecule has 78 valence electrons. The lowest BCUT2D eigenvalue weighted by Gasteiger charge is -2.13. The van der Waals surface area contributed by atoms with Gasteiger partial charge in [-0.05, 0) is 13.8 Å². The highest BCUT2D eigenvalue weighted by atomic mass is 79.9. The number of rotatable bonds is 4. The van der Waals surface area contributed by atoms with Crippen LogP contribution in [0.3, 0.4) is 0 Å². The minimum Gasteiger partial charge on any atom is -0.480 e. The molecule has 0 aliphatic carbocycles. The maximum atomic E-state index is 10.9. The summed E-state index contributed by atoms with van der Waals surface area (Å²) in [6.45, 7) is 3.31. The molecule has 2 atom stereocenters. The van der Waals surface area contributed by atoms with Crippen LogP contribution >= 0.6 is 17.0 Å². The molecule has 0 aliphatic rings. The molecule has 0 spiro atoms. The van der Waals surface area contributed by atoms with Crippen molar-refractivity contribution in [1.82, 2.24) is 0 Å². The van der Waals surface area contributed by atoms with Gasteiger partial charge in [0, 0.05) is 0 Å². The van der Waals surface area contributed by atoms with Gasteiger partial charge in [-0.1, -0.05) is 0 Å². The minimum absolute atomic E-state index is 0. The van der Waals surface area contributed by atoms with E-state index in [1.54, 1.807) is 6.92 Å². The van der Waals surface area contributed by atoms with E-state index in [0.29, 0.717) is 0 Å². The van der Waals surface area contributed by atoms with Gasteiger partial charge in [0.2, 0.25) is 0 Å². The second-order valence-electron chi connectivity index (χ2n) is 2.40. The van der Waals surface area contributed by atoms with E-state index in [0.717, 1.165) is 0 Å². The maximum absolute atomic E-state index is 10.9. The zero-order valence-corrected chi connectivity index (χ0v) is 9.23. The number of aliphatic carboxylic acids is 1. The number of hydrogen-bond acceptors (Lipinski definition) is 4. The molecule has 0 aromatic carbocycles. The summed E-state index contributed by atoms with van der Waals surface area (Å²) in [7, 11) is 0. The van der Waals surface area contributed by atoms with Crippen molar-refractivity contribution in [3.05, 3.63) is 0 Å². The van der Waals surface area contributed by atoms with Crippen molar-refractivity contribution in [2.75, 3.05) is 6.61 Å². The van der Waals surface area contributed by atoms with E-state index in [9.17, 15) is 9.59 Å². The number of nitrogens with two attached hydrogens (primary N) is 1. The van der Waals surface area contributed by atoms with Crippen LogP contribution in [0.4, 0.5) is 0 Å². The first-order valence-electron chi connectivity index (χ1n) is 3.65. The van der Waals surface area contributed by atoms with Gasteiger partial charge >= 0.3 is 11.9 Å². The maximum Gasteiger partial charge on any atom is 0.321 e. The highest BCUT2D eigenvalue weighted by Gasteiger charge is 2.27. The van der Waals surface area contributed by atoms with Crippen LogP contribution in [-0.2, 0) is 14.3 Å². The zero-order valence-electron chi connectivity index (χ0n) is 7.52. The Labute approximate surface area is 87.0 Å². The molecule has 0 rings (SSSR count). The van der Waals surface area contributed by atoms with Crippen LogP contribution < -0.4 is 5.73 Å². The van der Waals surface area contributed by atoms with Crippen LogP contribution in [0.15, 0.2) is 0 Å².